The molecule has 50 heavy (non-hydrogen) atoms. The summed E-state index contributed by atoms with van der Waals surface area (Å²) in [4.78, 5) is 31.3. The predicted octanol–water partition coefficient (Wildman–Crippen LogP) is 7.79. The van der Waals surface area contributed by atoms with Gasteiger partial charge in [-0.1, -0.05) is 56.7 Å². The van der Waals surface area contributed by atoms with E-state index in [9.17, 15) is 14.7 Å². The first-order valence-corrected chi connectivity index (χ1v) is 21.7. The number of aliphatic hydroxyl groups is 1. The number of benzene rings is 2. The van der Waals surface area contributed by atoms with E-state index in [2.05, 4.69) is 50.9 Å². The first kappa shape index (κ1) is 36.9. The molecule has 2 aromatic rings. The number of carbonyl (C=O) groups excluding carboxylic acids is 2. The van der Waals surface area contributed by atoms with Crippen LogP contribution in [0.4, 0.5) is 5.69 Å². The smallest absolute Gasteiger partial charge is 0.343 e. The van der Waals surface area contributed by atoms with Gasteiger partial charge in [-0.25, -0.2) is 4.79 Å². The Morgan fingerprint density at radius 3 is 2.54 bits per heavy atom. The largest absolute Gasteiger partial charge is 0.487 e. The second kappa shape index (κ2) is 14.6. The Morgan fingerprint density at radius 2 is 1.86 bits per heavy atom. The standard InChI is InChI=1S/C40H55ClN2O6Si/c1-39(2,3)50(5,6)49-35-12-9-11-32-19-21-43(32)37(44)24-40(46,38(45)47-4)30-15-18-36-34(23-30)42(25-28-14-17-33(28)35)20-8-7-10-27-22-31(41)16-13-29(27)26-48-36/h9,12-13,15-16,18,22-23,28,32-33,35,46H,7-8,10-11,14,17,19-21,24-26H2,1-6H3/b12-9+/t28-,32-,33+,35?,40+/m0/s1. The van der Waals surface area contributed by atoms with E-state index < -0.39 is 26.3 Å². The van der Waals surface area contributed by atoms with Crippen LogP contribution in [0.15, 0.2) is 48.6 Å². The number of anilines is 1. The number of ether oxygens (including phenoxy) is 2. The van der Waals surface area contributed by atoms with Crippen molar-refractivity contribution in [1.82, 2.24) is 4.90 Å². The highest BCUT2D eigenvalue weighted by Gasteiger charge is 2.47. The third kappa shape index (κ3) is 7.52. The van der Waals surface area contributed by atoms with Crippen molar-refractivity contribution in [3.05, 3.63) is 70.3 Å². The van der Waals surface area contributed by atoms with Gasteiger partial charge in [0, 0.05) is 30.7 Å². The van der Waals surface area contributed by atoms with E-state index in [4.69, 9.17) is 25.5 Å². The summed E-state index contributed by atoms with van der Waals surface area (Å²) in [5.41, 5.74) is 1.28. The Balaban J connectivity index is 1.43. The molecular weight excluding hydrogens is 668 g/mol. The Morgan fingerprint density at radius 1 is 1.06 bits per heavy atom. The van der Waals surface area contributed by atoms with Gasteiger partial charge < -0.3 is 28.8 Å². The number of hydrogen-bond donors (Lipinski definition) is 1. The molecule has 3 heterocycles. The lowest BCUT2D eigenvalue weighted by Crippen LogP contribution is -2.53. The molecule has 0 radical (unpaired) electrons. The summed E-state index contributed by atoms with van der Waals surface area (Å²) in [7, 11) is -0.829. The van der Waals surface area contributed by atoms with E-state index in [-0.39, 0.29) is 23.1 Å². The van der Waals surface area contributed by atoms with Gasteiger partial charge in [0.15, 0.2) is 13.9 Å². The van der Waals surface area contributed by atoms with Crippen molar-refractivity contribution in [2.24, 2.45) is 11.8 Å². The molecule has 2 fully saturated rings. The molecule has 272 valence electrons. The zero-order valence-electron chi connectivity index (χ0n) is 30.7. The Hall–Kier alpha value is -2.85. The maximum atomic E-state index is 13.8. The van der Waals surface area contributed by atoms with Gasteiger partial charge in [-0.05, 0) is 116 Å². The summed E-state index contributed by atoms with van der Waals surface area (Å²) >= 11 is 6.40. The van der Waals surface area contributed by atoms with E-state index >= 15 is 0 Å². The number of fused-ring (bicyclic) bond motifs is 4. The van der Waals surface area contributed by atoms with Gasteiger partial charge >= 0.3 is 5.97 Å². The topological polar surface area (TPSA) is 88.5 Å². The average Bonchev–Trinajstić information content (AvgIpc) is 3.05. The number of halogens is 1. The predicted molar refractivity (Wildman–Crippen MR) is 200 cm³/mol. The maximum absolute atomic E-state index is 13.8. The van der Waals surface area contributed by atoms with Crippen LogP contribution in [0.3, 0.4) is 0 Å². The van der Waals surface area contributed by atoms with Crippen LogP contribution in [-0.4, -0.2) is 69.1 Å². The number of aryl methyl sites for hydroxylation is 1. The third-order valence-corrected chi connectivity index (χ3v) is 16.9. The Labute approximate surface area is 304 Å². The zero-order chi connectivity index (χ0) is 35.8. The molecule has 8 nitrogen and oxygen atoms in total. The molecule has 5 atom stereocenters. The quantitative estimate of drug-likeness (QED) is 0.197. The van der Waals surface area contributed by atoms with Crippen molar-refractivity contribution in [1.29, 1.82) is 0 Å². The van der Waals surface area contributed by atoms with Crippen molar-refractivity contribution in [2.45, 2.75) is 115 Å². The number of rotatable bonds is 3. The molecule has 4 aliphatic rings. The lowest BCUT2D eigenvalue weighted by atomic mass is 9.70. The van der Waals surface area contributed by atoms with Crippen LogP contribution in [0.25, 0.3) is 0 Å². The minimum Gasteiger partial charge on any atom is -0.487 e. The average molecular weight is 723 g/mol. The van der Waals surface area contributed by atoms with E-state index in [1.807, 2.05) is 30.3 Å². The molecule has 1 saturated heterocycles. The molecular formula is C40H55ClN2O6Si. The number of carbonyl (C=O) groups is 2. The van der Waals surface area contributed by atoms with Crippen molar-refractivity contribution >= 4 is 37.5 Å². The van der Waals surface area contributed by atoms with E-state index in [1.54, 1.807) is 11.0 Å². The molecule has 10 heteroatoms. The molecule has 1 N–H and O–H groups in total. The lowest BCUT2D eigenvalue weighted by Gasteiger charge is -2.48. The number of nitrogens with zero attached hydrogens (tertiary/aromatic N) is 2. The number of esters is 1. The number of amides is 1. The molecule has 1 saturated carbocycles. The summed E-state index contributed by atoms with van der Waals surface area (Å²) in [6.45, 7) is 14.1. The summed E-state index contributed by atoms with van der Waals surface area (Å²) in [5, 5.41) is 12.9. The van der Waals surface area contributed by atoms with Gasteiger partial charge in [-0.15, -0.1) is 0 Å². The third-order valence-electron chi connectivity index (χ3n) is 12.2. The molecule has 2 bridgehead atoms. The molecule has 1 amide bonds. The van der Waals surface area contributed by atoms with Crippen molar-refractivity contribution < 1.29 is 28.6 Å². The van der Waals surface area contributed by atoms with Gasteiger partial charge in [0.05, 0.1) is 25.3 Å². The fourth-order valence-corrected chi connectivity index (χ4v) is 9.17. The Bertz CT molecular complexity index is 1610. The fraction of sp³-hybridized carbons (Fsp3) is 0.600. The van der Waals surface area contributed by atoms with Crippen LogP contribution in [-0.2, 0) is 37.4 Å². The molecule has 0 spiro atoms. The fourth-order valence-electron chi connectivity index (χ4n) is 7.68. The van der Waals surface area contributed by atoms with Crippen molar-refractivity contribution in [3.63, 3.8) is 0 Å². The number of methoxy groups -OCH3 is 1. The van der Waals surface area contributed by atoms with Gasteiger partial charge in [-0.2, -0.15) is 0 Å². The molecule has 3 aliphatic heterocycles. The first-order chi connectivity index (χ1) is 23.7. The minimum atomic E-state index is -2.14. The van der Waals surface area contributed by atoms with E-state index in [0.29, 0.717) is 42.7 Å². The highest BCUT2D eigenvalue weighted by Crippen LogP contribution is 2.46. The first-order valence-electron chi connectivity index (χ1n) is 18.4. The van der Waals surface area contributed by atoms with Gasteiger partial charge in [0.2, 0.25) is 5.91 Å². The highest BCUT2D eigenvalue weighted by atomic mass is 35.5. The summed E-state index contributed by atoms with van der Waals surface area (Å²) in [6, 6.07) is 11.4. The maximum Gasteiger partial charge on any atom is 0.343 e. The summed E-state index contributed by atoms with van der Waals surface area (Å²) in [6.07, 6.45) is 10.7. The van der Waals surface area contributed by atoms with E-state index in [0.717, 1.165) is 67.9 Å². The van der Waals surface area contributed by atoms with Crippen LogP contribution >= 0.6 is 11.6 Å². The lowest BCUT2D eigenvalue weighted by molar-refractivity contribution is -0.169. The van der Waals surface area contributed by atoms with Crippen LogP contribution < -0.4 is 9.64 Å². The molecule has 1 unspecified atom stereocenters. The monoisotopic (exact) mass is 722 g/mol. The van der Waals surface area contributed by atoms with Crippen molar-refractivity contribution in [2.75, 3.05) is 31.6 Å². The van der Waals surface area contributed by atoms with E-state index in [1.165, 1.54) is 12.7 Å². The van der Waals surface area contributed by atoms with Crippen LogP contribution in [0.2, 0.25) is 23.2 Å². The van der Waals surface area contributed by atoms with Gasteiger partial charge in [-0.3, -0.25) is 4.79 Å². The normalized spacial score (nSPS) is 28.4. The van der Waals surface area contributed by atoms with Crippen LogP contribution in [0.5, 0.6) is 5.75 Å². The van der Waals surface area contributed by atoms with Crippen LogP contribution in [0, 0.1) is 11.8 Å². The number of hydrogen-bond acceptors (Lipinski definition) is 7. The minimum absolute atomic E-state index is 0.00132. The second-order valence-corrected chi connectivity index (χ2v) is 21.5. The SMILES string of the molecule is COC(=O)[C@@]1(O)CC(=O)N2CC[C@@H]2C/C=C/C(O[Si](C)(C)C(C)(C)C)[C@@H]2CC[C@H]2CN2CCCCc3cc(Cl)ccc3COc3ccc1cc32. The highest BCUT2D eigenvalue weighted by molar-refractivity contribution is 6.74. The Kier molecular flexibility index (Phi) is 10.8. The molecule has 2 aromatic carbocycles. The molecule has 6 rings (SSSR count). The van der Waals surface area contributed by atoms with Crippen molar-refractivity contribution in [3.8, 4) is 5.75 Å². The van der Waals surface area contributed by atoms with Gasteiger partial charge in [0.1, 0.15) is 12.4 Å². The van der Waals surface area contributed by atoms with Gasteiger partial charge in [0.25, 0.3) is 0 Å². The summed E-state index contributed by atoms with van der Waals surface area (Å²) < 4.78 is 18.9. The molecule has 0 aromatic heterocycles. The second-order valence-electron chi connectivity index (χ2n) is 16.4. The zero-order valence-corrected chi connectivity index (χ0v) is 32.4. The molecule has 1 aliphatic carbocycles. The summed E-state index contributed by atoms with van der Waals surface area (Å²) in [5.74, 6) is 0.313. The van der Waals surface area contributed by atoms with Crippen LogP contribution in [0.1, 0.15) is 82.4 Å².